The second-order valence-corrected chi connectivity index (χ2v) is 8.76. The molecule has 2 N–H and O–H groups in total. The van der Waals surface area contributed by atoms with E-state index >= 15 is 0 Å². The summed E-state index contributed by atoms with van der Waals surface area (Å²) in [6.07, 6.45) is 7.00. The third kappa shape index (κ3) is 3.92. The number of aromatic nitrogens is 2. The Bertz CT molecular complexity index is 1360. The van der Waals surface area contributed by atoms with Crippen LogP contribution in [0.5, 0.6) is 0 Å². The van der Waals surface area contributed by atoms with Gasteiger partial charge in [0, 0.05) is 55.3 Å². The number of morpholine rings is 1. The van der Waals surface area contributed by atoms with E-state index in [1.54, 1.807) is 0 Å². The zero-order valence-electron chi connectivity index (χ0n) is 18.4. The molecular formula is C27H26N4O2. The van der Waals surface area contributed by atoms with Gasteiger partial charge in [-0.1, -0.05) is 42.5 Å². The van der Waals surface area contributed by atoms with Crippen LogP contribution in [0.1, 0.15) is 32.9 Å². The van der Waals surface area contributed by atoms with Crippen LogP contribution in [0.3, 0.4) is 0 Å². The van der Waals surface area contributed by atoms with Crippen LogP contribution < -0.4 is 5.32 Å². The van der Waals surface area contributed by atoms with E-state index in [9.17, 15) is 4.79 Å². The standard InChI is InChI=1S/C27H26N4O2/c32-27-25-22-8-6-20-16-29-21(15-23(20)26(22)30-24(25)9-10-28-27)7-5-18-1-3-19(4-2-18)17-31-11-13-33-14-12-31/h1-8,15-16,29H,9-14,17H2,(H,28,32)/b7-5+. The van der Waals surface area contributed by atoms with Crippen LogP contribution >= 0.6 is 0 Å². The van der Waals surface area contributed by atoms with Crippen molar-refractivity contribution in [2.75, 3.05) is 32.8 Å². The second kappa shape index (κ2) is 8.46. The number of hydrogen-bond donors (Lipinski definition) is 2. The van der Waals surface area contributed by atoms with Gasteiger partial charge in [0.05, 0.1) is 30.0 Å². The highest BCUT2D eigenvalue weighted by Crippen LogP contribution is 2.31. The van der Waals surface area contributed by atoms with Crippen LogP contribution in [-0.2, 0) is 17.7 Å². The van der Waals surface area contributed by atoms with Gasteiger partial charge in [-0.05, 0) is 28.7 Å². The van der Waals surface area contributed by atoms with Crippen LogP contribution in [0.4, 0.5) is 0 Å². The topological polar surface area (TPSA) is 70.2 Å². The van der Waals surface area contributed by atoms with Crippen molar-refractivity contribution in [2.45, 2.75) is 13.0 Å². The van der Waals surface area contributed by atoms with Gasteiger partial charge in [-0.25, -0.2) is 0 Å². The molecular weight excluding hydrogens is 412 g/mol. The lowest BCUT2D eigenvalue weighted by Crippen LogP contribution is -2.35. The molecule has 0 radical (unpaired) electrons. The number of nitrogens with zero attached hydrogens (tertiary/aromatic N) is 2. The van der Waals surface area contributed by atoms with Crippen molar-refractivity contribution in [3.63, 3.8) is 0 Å². The number of nitrogens with one attached hydrogen (secondary N) is 2. The van der Waals surface area contributed by atoms with Gasteiger partial charge < -0.3 is 15.0 Å². The first-order valence-corrected chi connectivity index (χ1v) is 11.5. The van der Waals surface area contributed by atoms with Gasteiger partial charge in [-0.3, -0.25) is 14.7 Å². The average Bonchev–Trinajstić information content (AvgIpc) is 3.25. The van der Waals surface area contributed by atoms with E-state index in [-0.39, 0.29) is 5.91 Å². The van der Waals surface area contributed by atoms with Crippen molar-refractivity contribution in [3.05, 3.63) is 76.7 Å². The predicted molar refractivity (Wildman–Crippen MR) is 131 cm³/mol. The second-order valence-electron chi connectivity index (χ2n) is 8.76. The lowest BCUT2D eigenvalue weighted by Gasteiger charge is -2.26. The Balaban J connectivity index is 1.26. The molecule has 0 aliphatic carbocycles. The van der Waals surface area contributed by atoms with E-state index in [1.165, 1.54) is 5.56 Å². The van der Waals surface area contributed by atoms with Crippen molar-refractivity contribution >= 4 is 39.7 Å². The van der Waals surface area contributed by atoms with Crippen LogP contribution in [0.25, 0.3) is 33.8 Å². The summed E-state index contributed by atoms with van der Waals surface area (Å²) in [7, 11) is 0. The molecule has 0 bridgehead atoms. The molecule has 6 rings (SSSR count). The largest absolute Gasteiger partial charge is 0.379 e. The fourth-order valence-electron chi connectivity index (χ4n) is 4.78. The molecule has 1 amide bonds. The number of fused-ring (bicyclic) bond motifs is 5. The highest BCUT2D eigenvalue weighted by atomic mass is 16.5. The summed E-state index contributed by atoms with van der Waals surface area (Å²) in [5.74, 6) is -0.0159. The lowest BCUT2D eigenvalue weighted by atomic mass is 10.0. The molecule has 2 aromatic carbocycles. The molecule has 1 fully saturated rings. The maximum Gasteiger partial charge on any atom is 0.253 e. The molecule has 166 valence electrons. The highest BCUT2D eigenvalue weighted by molar-refractivity contribution is 6.15. The number of hydrogen-bond acceptors (Lipinski definition) is 4. The molecule has 2 aromatic heterocycles. The maximum atomic E-state index is 12.4. The molecule has 6 nitrogen and oxygen atoms in total. The summed E-state index contributed by atoms with van der Waals surface area (Å²) in [4.78, 5) is 23.0. The molecule has 0 atom stereocenters. The number of pyridine rings is 1. The third-order valence-corrected chi connectivity index (χ3v) is 6.57. The summed E-state index contributed by atoms with van der Waals surface area (Å²) in [5.41, 5.74) is 6.03. The fraction of sp³-hybridized carbons (Fsp3) is 0.259. The molecule has 4 aromatic rings. The summed E-state index contributed by atoms with van der Waals surface area (Å²) >= 11 is 0. The minimum absolute atomic E-state index is 0.0159. The molecule has 2 aliphatic heterocycles. The Morgan fingerprint density at radius 1 is 1.03 bits per heavy atom. The van der Waals surface area contributed by atoms with E-state index in [2.05, 4.69) is 63.8 Å². The van der Waals surface area contributed by atoms with Crippen LogP contribution in [0.2, 0.25) is 0 Å². The number of carbonyl (C=O) groups excluding carboxylic acids is 1. The van der Waals surface area contributed by atoms with Gasteiger partial charge in [0.2, 0.25) is 0 Å². The van der Waals surface area contributed by atoms with Crippen molar-refractivity contribution in [3.8, 4) is 0 Å². The van der Waals surface area contributed by atoms with E-state index in [1.807, 2.05) is 12.3 Å². The Hall–Kier alpha value is -3.48. The fourth-order valence-corrected chi connectivity index (χ4v) is 4.78. The van der Waals surface area contributed by atoms with Crippen molar-refractivity contribution in [2.24, 2.45) is 0 Å². The quantitative estimate of drug-likeness (QED) is 0.505. The summed E-state index contributed by atoms with van der Waals surface area (Å²) in [5, 5.41) is 6.02. The van der Waals surface area contributed by atoms with Gasteiger partial charge in [-0.2, -0.15) is 0 Å². The van der Waals surface area contributed by atoms with Crippen molar-refractivity contribution in [1.29, 1.82) is 0 Å². The zero-order valence-corrected chi connectivity index (χ0v) is 18.4. The number of benzene rings is 2. The Morgan fingerprint density at radius 3 is 2.73 bits per heavy atom. The molecule has 4 heterocycles. The summed E-state index contributed by atoms with van der Waals surface area (Å²) in [6.45, 7) is 5.27. The van der Waals surface area contributed by atoms with Gasteiger partial charge in [-0.15, -0.1) is 0 Å². The lowest BCUT2D eigenvalue weighted by molar-refractivity contribution is 0.0342. The first kappa shape index (κ1) is 20.1. The summed E-state index contributed by atoms with van der Waals surface area (Å²) < 4.78 is 5.43. The summed E-state index contributed by atoms with van der Waals surface area (Å²) in [6, 6.07) is 14.9. The monoisotopic (exact) mass is 438 g/mol. The maximum absolute atomic E-state index is 12.4. The van der Waals surface area contributed by atoms with Crippen molar-refractivity contribution < 1.29 is 9.53 Å². The normalized spacial score (nSPS) is 17.0. The van der Waals surface area contributed by atoms with Gasteiger partial charge >= 0.3 is 0 Å². The van der Waals surface area contributed by atoms with Crippen LogP contribution in [0.15, 0.2) is 48.7 Å². The Kier molecular flexibility index (Phi) is 5.17. The van der Waals surface area contributed by atoms with Gasteiger partial charge in [0.15, 0.2) is 0 Å². The minimum atomic E-state index is -0.0159. The minimum Gasteiger partial charge on any atom is -0.379 e. The first-order valence-electron chi connectivity index (χ1n) is 11.5. The molecule has 33 heavy (non-hydrogen) atoms. The highest BCUT2D eigenvalue weighted by Gasteiger charge is 2.23. The Labute approximate surface area is 192 Å². The SMILES string of the molecule is O=C1NCCc2nc3c(ccc4c[nH]c(/C=C/c5ccc(CN6CCOCC6)cc5)cc43)c21. The zero-order chi connectivity index (χ0) is 22.2. The molecule has 2 aliphatic rings. The number of carbonyl (C=O) groups is 1. The molecule has 0 spiro atoms. The van der Waals surface area contributed by atoms with E-state index in [4.69, 9.17) is 9.72 Å². The number of ether oxygens (including phenoxy) is 1. The molecule has 0 unspecified atom stereocenters. The predicted octanol–water partition coefficient (Wildman–Crippen LogP) is 4.00. The Morgan fingerprint density at radius 2 is 1.88 bits per heavy atom. The number of aromatic amines is 1. The first-order chi connectivity index (χ1) is 16.2. The van der Waals surface area contributed by atoms with Gasteiger partial charge in [0.1, 0.15) is 0 Å². The molecule has 0 saturated carbocycles. The smallest absolute Gasteiger partial charge is 0.253 e. The number of amides is 1. The van der Waals surface area contributed by atoms with Gasteiger partial charge in [0.25, 0.3) is 5.91 Å². The van der Waals surface area contributed by atoms with E-state index in [0.29, 0.717) is 6.54 Å². The number of rotatable bonds is 4. The number of H-pyrrole nitrogens is 1. The van der Waals surface area contributed by atoms with Crippen LogP contribution in [0, 0.1) is 0 Å². The molecule has 6 heteroatoms. The van der Waals surface area contributed by atoms with E-state index < -0.39 is 0 Å². The molecule has 1 saturated heterocycles. The van der Waals surface area contributed by atoms with E-state index in [0.717, 1.165) is 83.5 Å². The third-order valence-electron chi connectivity index (χ3n) is 6.57. The van der Waals surface area contributed by atoms with Crippen molar-refractivity contribution in [1.82, 2.24) is 20.2 Å². The van der Waals surface area contributed by atoms with Crippen LogP contribution in [-0.4, -0.2) is 53.6 Å². The average molecular weight is 439 g/mol.